The van der Waals surface area contributed by atoms with Crippen molar-refractivity contribution in [3.8, 4) is 0 Å². The topological polar surface area (TPSA) is 12.0 Å². The van der Waals surface area contributed by atoms with Crippen molar-refractivity contribution in [2.75, 3.05) is 6.54 Å². The highest BCUT2D eigenvalue weighted by atomic mass is 14.9. The molecule has 0 rings (SSSR count). The van der Waals surface area contributed by atoms with E-state index in [1.165, 1.54) is 109 Å². The Kier molecular flexibility index (Phi) is 19.0. The average Bonchev–Trinajstić information content (AvgIpc) is 2.52. The molecule has 0 spiro atoms. The summed E-state index contributed by atoms with van der Waals surface area (Å²) in [5, 5.41) is 3.63. The van der Waals surface area contributed by atoms with Crippen LogP contribution >= 0.6 is 0 Å². The molecule has 1 N–H and O–H groups in total. The molecule has 1 unspecified atom stereocenters. The minimum atomic E-state index is 0.722. The lowest BCUT2D eigenvalue weighted by molar-refractivity contribution is 0.470. The van der Waals surface area contributed by atoms with E-state index >= 15 is 0 Å². The van der Waals surface area contributed by atoms with Crippen molar-refractivity contribution in [2.24, 2.45) is 0 Å². The van der Waals surface area contributed by atoms with Crippen LogP contribution in [0.3, 0.4) is 0 Å². The van der Waals surface area contributed by atoms with E-state index in [1.807, 2.05) is 0 Å². The molecule has 0 saturated carbocycles. The van der Waals surface area contributed by atoms with Gasteiger partial charge in [0.2, 0.25) is 0 Å². The first-order valence-corrected chi connectivity index (χ1v) is 10.5. The van der Waals surface area contributed by atoms with Gasteiger partial charge in [-0.2, -0.15) is 0 Å². The van der Waals surface area contributed by atoms with Gasteiger partial charge in [0, 0.05) is 6.04 Å². The molecular formula is C21H45N. The predicted octanol–water partition coefficient (Wildman–Crippen LogP) is 7.25. The van der Waals surface area contributed by atoms with E-state index in [-0.39, 0.29) is 0 Å². The van der Waals surface area contributed by atoms with Crippen molar-refractivity contribution in [3.05, 3.63) is 0 Å². The molecule has 0 aliphatic rings. The van der Waals surface area contributed by atoms with Crippen LogP contribution in [-0.4, -0.2) is 12.6 Å². The van der Waals surface area contributed by atoms with Gasteiger partial charge in [0.1, 0.15) is 0 Å². The van der Waals surface area contributed by atoms with Crippen molar-refractivity contribution in [1.29, 1.82) is 0 Å². The van der Waals surface area contributed by atoms with E-state index in [0.29, 0.717) is 0 Å². The van der Waals surface area contributed by atoms with E-state index in [2.05, 4.69) is 26.1 Å². The molecule has 0 heterocycles. The maximum atomic E-state index is 3.63. The zero-order chi connectivity index (χ0) is 16.3. The van der Waals surface area contributed by atoms with Gasteiger partial charge in [0.05, 0.1) is 0 Å². The van der Waals surface area contributed by atoms with Crippen LogP contribution < -0.4 is 5.32 Å². The highest BCUT2D eigenvalue weighted by Gasteiger charge is 2.00. The fourth-order valence-corrected chi connectivity index (χ4v) is 3.10. The maximum absolute atomic E-state index is 3.63. The van der Waals surface area contributed by atoms with Gasteiger partial charge >= 0.3 is 0 Å². The van der Waals surface area contributed by atoms with Crippen molar-refractivity contribution in [3.63, 3.8) is 0 Å². The summed E-state index contributed by atoms with van der Waals surface area (Å²) in [5.74, 6) is 0. The highest BCUT2D eigenvalue weighted by molar-refractivity contribution is 4.60. The van der Waals surface area contributed by atoms with Crippen LogP contribution in [0.2, 0.25) is 0 Å². The summed E-state index contributed by atoms with van der Waals surface area (Å²) in [6, 6.07) is 0.722. The monoisotopic (exact) mass is 311 g/mol. The molecule has 0 aromatic heterocycles. The second kappa shape index (κ2) is 19.0. The Labute approximate surface area is 142 Å². The third-order valence-corrected chi connectivity index (χ3v) is 4.76. The molecule has 134 valence electrons. The van der Waals surface area contributed by atoms with Gasteiger partial charge in [0.25, 0.3) is 0 Å². The smallest absolute Gasteiger partial charge is 0.00387 e. The molecule has 0 bridgehead atoms. The van der Waals surface area contributed by atoms with Gasteiger partial charge in [-0.1, -0.05) is 104 Å². The van der Waals surface area contributed by atoms with Crippen LogP contribution in [0.25, 0.3) is 0 Å². The Bertz CT molecular complexity index is 190. The zero-order valence-corrected chi connectivity index (χ0v) is 16.1. The summed E-state index contributed by atoms with van der Waals surface area (Å²) >= 11 is 0. The van der Waals surface area contributed by atoms with Crippen LogP contribution in [0, 0.1) is 0 Å². The first-order chi connectivity index (χ1) is 10.8. The third-order valence-electron chi connectivity index (χ3n) is 4.76. The summed E-state index contributed by atoms with van der Waals surface area (Å²) in [7, 11) is 0. The Balaban J connectivity index is 3.05. The van der Waals surface area contributed by atoms with Crippen LogP contribution in [0.15, 0.2) is 0 Å². The lowest BCUT2D eigenvalue weighted by atomic mass is 10.0. The minimum absolute atomic E-state index is 0.722. The predicted molar refractivity (Wildman–Crippen MR) is 103 cm³/mol. The van der Waals surface area contributed by atoms with E-state index < -0.39 is 0 Å². The molecule has 0 radical (unpaired) electrons. The second-order valence-corrected chi connectivity index (χ2v) is 7.24. The van der Waals surface area contributed by atoms with Crippen molar-refractivity contribution >= 4 is 0 Å². The maximum Gasteiger partial charge on any atom is 0.00387 e. The lowest BCUT2D eigenvalue weighted by Gasteiger charge is -2.13. The Morgan fingerprint density at radius 2 is 0.955 bits per heavy atom. The number of unbranched alkanes of at least 4 members (excludes halogenated alkanes) is 13. The van der Waals surface area contributed by atoms with Crippen LogP contribution in [0.4, 0.5) is 0 Å². The van der Waals surface area contributed by atoms with E-state index in [1.54, 1.807) is 0 Å². The third kappa shape index (κ3) is 18.0. The molecule has 0 fully saturated rings. The van der Waals surface area contributed by atoms with Crippen LogP contribution in [0.5, 0.6) is 0 Å². The largest absolute Gasteiger partial charge is 0.314 e. The Morgan fingerprint density at radius 1 is 0.545 bits per heavy atom. The first kappa shape index (κ1) is 22.0. The van der Waals surface area contributed by atoms with E-state index in [0.717, 1.165) is 6.04 Å². The number of hydrogen-bond donors (Lipinski definition) is 1. The minimum Gasteiger partial charge on any atom is -0.314 e. The molecule has 0 aliphatic carbocycles. The molecule has 1 heteroatoms. The Morgan fingerprint density at radius 3 is 1.41 bits per heavy atom. The Hall–Kier alpha value is -0.0400. The number of nitrogens with one attached hydrogen (secondary N) is 1. The van der Waals surface area contributed by atoms with Crippen LogP contribution in [-0.2, 0) is 0 Å². The highest BCUT2D eigenvalue weighted by Crippen LogP contribution is 2.13. The van der Waals surface area contributed by atoms with Gasteiger partial charge in [0.15, 0.2) is 0 Å². The molecule has 0 aliphatic heterocycles. The van der Waals surface area contributed by atoms with Gasteiger partial charge < -0.3 is 5.32 Å². The molecular weight excluding hydrogens is 266 g/mol. The SMILES string of the molecule is CCCCCCCCCCCCCCCC(C)NCCCC. The van der Waals surface area contributed by atoms with Crippen molar-refractivity contribution < 1.29 is 0 Å². The second-order valence-electron chi connectivity index (χ2n) is 7.24. The fraction of sp³-hybridized carbons (Fsp3) is 1.00. The van der Waals surface area contributed by atoms with Gasteiger partial charge in [-0.05, 0) is 26.3 Å². The molecule has 1 nitrogen and oxygen atoms in total. The van der Waals surface area contributed by atoms with Gasteiger partial charge in [-0.25, -0.2) is 0 Å². The average molecular weight is 312 g/mol. The fourth-order valence-electron chi connectivity index (χ4n) is 3.10. The zero-order valence-electron chi connectivity index (χ0n) is 16.1. The molecule has 0 saturated heterocycles. The number of hydrogen-bond acceptors (Lipinski definition) is 1. The summed E-state index contributed by atoms with van der Waals surface area (Å²) in [5.41, 5.74) is 0. The van der Waals surface area contributed by atoms with E-state index in [9.17, 15) is 0 Å². The normalized spacial score (nSPS) is 12.7. The van der Waals surface area contributed by atoms with Crippen molar-refractivity contribution in [2.45, 2.75) is 130 Å². The molecule has 0 aromatic carbocycles. The van der Waals surface area contributed by atoms with Crippen LogP contribution in [0.1, 0.15) is 124 Å². The molecule has 0 amide bonds. The summed E-state index contributed by atoms with van der Waals surface area (Å²) in [4.78, 5) is 0. The van der Waals surface area contributed by atoms with E-state index in [4.69, 9.17) is 0 Å². The molecule has 1 atom stereocenters. The summed E-state index contributed by atoms with van der Waals surface area (Å²) in [6.07, 6.45) is 22.9. The van der Waals surface area contributed by atoms with Gasteiger partial charge in [-0.15, -0.1) is 0 Å². The standard InChI is InChI=1S/C21H45N/c1-4-6-8-9-10-11-12-13-14-15-16-17-18-19-21(3)22-20-7-5-2/h21-22H,4-20H2,1-3H3. The van der Waals surface area contributed by atoms with Gasteiger partial charge in [-0.3, -0.25) is 0 Å². The lowest BCUT2D eigenvalue weighted by Crippen LogP contribution is -2.26. The quantitative estimate of drug-likeness (QED) is 0.263. The van der Waals surface area contributed by atoms with Crippen molar-refractivity contribution in [1.82, 2.24) is 5.32 Å². The summed E-state index contributed by atoms with van der Waals surface area (Å²) in [6.45, 7) is 8.11. The first-order valence-electron chi connectivity index (χ1n) is 10.5. The summed E-state index contributed by atoms with van der Waals surface area (Å²) < 4.78 is 0. The molecule has 0 aromatic rings. The number of rotatable bonds is 18. The molecule has 22 heavy (non-hydrogen) atoms.